The Kier molecular flexibility index (Phi) is 3.86. The van der Waals surface area contributed by atoms with Gasteiger partial charge in [-0.25, -0.2) is 22.5 Å². The number of benzene rings is 1. The maximum atomic E-state index is 14.9. The molecule has 1 unspecified atom stereocenters. The second-order valence-corrected chi connectivity index (χ2v) is 6.99. The Morgan fingerprint density at radius 3 is 2.52 bits per heavy atom. The summed E-state index contributed by atoms with van der Waals surface area (Å²) in [5.41, 5.74) is 0.331. The van der Waals surface area contributed by atoms with Crippen LogP contribution in [0.1, 0.15) is 43.7 Å². The van der Waals surface area contributed by atoms with E-state index in [-0.39, 0.29) is 24.0 Å². The van der Waals surface area contributed by atoms with Crippen molar-refractivity contribution in [2.75, 3.05) is 0 Å². The molecule has 2 aromatic rings. The summed E-state index contributed by atoms with van der Waals surface area (Å²) >= 11 is 0. The lowest BCUT2D eigenvalue weighted by Gasteiger charge is -2.33. The van der Waals surface area contributed by atoms with Crippen LogP contribution in [0.25, 0.3) is 11.3 Å². The van der Waals surface area contributed by atoms with Crippen molar-refractivity contribution in [1.82, 2.24) is 9.55 Å². The zero-order valence-electron chi connectivity index (χ0n) is 13.4. The largest absolute Gasteiger partial charge is 0.393 e. The van der Waals surface area contributed by atoms with Gasteiger partial charge in [-0.2, -0.15) is 0 Å². The summed E-state index contributed by atoms with van der Waals surface area (Å²) < 4.78 is 59.8. The molecule has 7 heteroatoms. The Morgan fingerprint density at radius 1 is 1.12 bits per heavy atom. The van der Waals surface area contributed by atoms with Crippen LogP contribution in [-0.4, -0.2) is 26.7 Å². The number of nitrogens with zero attached hydrogens (tertiary/aromatic N) is 2. The third kappa shape index (κ3) is 2.65. The number of hydrogen-bond donors (Lipinski definition) is 1. The molecule has 2 heterocycles. The van der Waals surface area contributed by atoms with Crippen LogP contribution in [0.3, 0.4) is 0 Å². The molecule has 0 bridgehead atoms. The number of aliphatic hydroxyl groups is 1. The maximum Gasteiger partial charge on any atom is 0.253 e. The molecule has 1 fully saturated rings. The van der Waals surface area contributed by atoms with Gasteiger partial charge in [0.2, 0.25) is 0 Å². The first-order chi connectivity index (χ1) is 11.9. The molecule has 0 spiro atoms. The molecule has 4 rings (SSSR count). The monoisotopic (exact) mass is 354 g/mol. The predicted molar refractivity (Wildman–Crippen MR) is 83.2 cm³/mol. The standard InChI is InChI=1S/C18H18F4N2O/c19-12-5-6-13(20)17-15-8-23-9-24(15)14(16(12)17)7-18(21,22)10-1-3-11(25)4-2-10/h5-6,8-11,14,25H,1-4,7H2. The summed E-state index contributed by atoms with van der Waals surface area (Å²) in [5.74, 6) is -5.21. The van der Waals surface area contributed by atoms with Crippen LogP contribution in [0.2, 0.25) is 0 Å². The van der Waals surface area contributed by atoms with E-state index in [1.807, 2.05) is 0 Å². The molecule has 134 valence electrons. The Hall–Kier alpha value is -1.89. The summed E-state index contributed by atoms with van der Waals surface area (Å²) in [6, 6.07) is 1.01. The fourth-order valence-corrected chi connectivity index (χ4v) is 4.16. The highest BCUT2D eigenvalue weighted by atomic mass is 19.3. The zero-order valence-corrected chi connectivity index (χ0v) is 13.4. The number of fused-ring (bicyclic) bond motifs is 3. The Balaban J connectivity index is 1.69. The van der Waals surface area contributed by atoms with E-state index in [9.17, 15) is 22.7 Å². The number of halogens is 4. The fraction of sp³-hybridized carbons (Fsp3) is 0.500. The molecule has 1 aliphatic heterocycles. The molecule has 1 aromatic carbocycles. The Bertz CT molecular complexity index is 796. The third-order valence-corrected chi connectivity index (χ3v) is 5.49. The lowest BCUT2D eigenvalue weighted by Crippen LogP contribution is -2.35. The van der Waals surface area contributed by atoms with E-state index >= 15 is 0 Å². The van der Waals surface area contributed by atoms with Crippen molar-refractivity contribution in [3.05, 3.63) is 41.9 Å². The molecular weight excluding hydrogens is 336 g/mol. The lowest BCUT2D eigenvalue weighted by atomic mass is 9.80. The Labute approximate surface area is 142 Å². The van der Waals surface area contributed by atoms with Gasteiger partial charge in [0.15, 0.2) is 0 Å². The smallest absolute Gasteiger partial charge is 0.253 e. The molecular formula is C18H18F4N2O. The minimum absolute atomic E-state index is 0.0204. The van der Waals surface area contributed by atoms with Gasteiger partial charge in [0.05, 0.1) is 30.4 Å². The first kappa shape index (κ1) is 16.6. The highest BCUT2D eigenvalue weighted by Crippen LogP contribution is 2.49. The SMILES string of the molecule is OC1CCC(C(F)(F)CC2c3c(F)ccc(F)c3-c3cncn32)CC1. The Morgan fingerprint density at radius 2 is 1.80 bits per heavy atom. The molecule has 1 N–H and O–H groups in total. The van der Waals surface area contributed by atoms with Gasteiger partial charge in [-0.3, -0.25) is 0 Å². The maximum absolute atomic E-state index is 14.9. The third-order valence-electron chi connectivity index (χ3n) is 5.49. The van der Waals surface area contributed by atoms with Crippen molar-refractivity contribution < 1.29 is 22.7 Å². The number of alkyl halides is 2. The van der Waals surface area contributed by atoms with Gasteiger partial charge in [-0.1, -0.05) is 0 Å². The van der Waals surface area contributed by atoms with E-state index in [0.29, 0.717) is 18.5 Å². The molecule has 1 saturated carbocycles. The van der Waals surface area contributed by atoms with Crippen LogP contribution in [0, 0.1) is 17.6 Å². The van der Waals surface area contributed by atoms with Crippen LogP contribution in [-0.2, 0) is 0 Å². The summed E-state index contributed by atoms with van der Waals surface area (Å²) in [4.78, 5) is 3.91. The van der Waals surface area contributed by atoms with Gasteiger partial charge in [-0.15, -0.1) is 0 Å². The normalized spacial score (nSPS) is 25.7. The number of rotatable bonds is 3. The molecule has 2 aliphatic rings. The average Bonchev–Trinajstić information content (AvgIpc) is 3.14. The van der Waals surface area contributed by atoms with E-state index in [1.54, 1.807) is 0 Å². The van der Waals surface area contributed by atoms with E-state index < -0.39 is 42.0 Å². The molecule has 0 amide bonds. The predicted octanol–water partition coefficient (Wildman–Crippen LogP) is 4.31. The summed E-state index contributed by atoms with van der Waals surface area (Å²) in [6.07, 6.45) is 2.75. The summed E-state index contributed by atoms with van der Waals surface area (Å²) in [6.45, 7) is 0. The van der Waals surface area contributed by atoms with Crippen molar-refractivity contribution >= 4 is 0 Å². The number of imidazole rings is 1. The van der Waals surface area contributed by atoms with E-state index in [4.69, 9.17) is 0 Å². The van der Waals surface area contributed by atoms with Crippen molar-refractivity contribution in [3.8, 4) is 11.3 Å². The van der Waals surface area contributed by atoms with E-state index in [1.165, 1.54) is 17.1 Å². The van der Waals surface area contributed by atoms with E-state index in [0.717, 1.165) is 12.1 Å². The number of aliphatic hydroxyl groups excluding tert-OH is 1. The second-order valence-electron chi connectivity index (χ2n) is 6.99. The topological polar surface area (TPSA) is 38.1 Å². The minimum atomic E-state index is -3.04. The summed E-state index contributed by atoms with van der Waals surface area (Å²) in [7, 11) is 0. The highest BCUT2D eigenvalue weighted by molar-refractivity contribution is 5.70. The van der Waals surface area contributed by atoms with Gasteiger partial charge in [-0.05, 0) is 37.8 Å². The van der Waals surface area contributed by atoms with Gasteiger partial charge >= 0.3 is 0 Å². The van der Waals surface area contributed by atoms with Crippen LogP contribution >= 0.6 is 0 Å². The number of hydrogen-bond acceptors (Lipinski definition) is 2. The first-order valence-corrected chi connectivity index (χ1v) is 8.44. The van der Waals surface area contributed by atoms with Crippen LogP contribution < -0.4 is 0 Å². The summed E-state index contributed by atoms with van der Waals surface area (Å²) in [5, 5.41) is 9.53. The first-order valence-electron chi connectivity index (χ1n) is 8.44. The van der Waals surface area contributed by atoms with Crippen molar-refractivity contribution in [1.29, 1.82) is 0 Å². The zero-order chi connectivity index (χ0) is 17.8. The quantitative estimate of drug-likeness (QED) is 0.834. The molecule has 1 atom stereocenters. The van der Waals surface area contributed by atoms with Crippen LogP contribution in [0.5, 0.6) is 0 Å². The fourth-order valence-electron chi connectivity index (χ4n) is 4.16. The van der Waals surface area contributed by atoms with E-state index in [2.05, 4.69) is 4.98 Å². The average molecular weight is 354 g/mol. The second kappa shape index (κ2) is 5.83. The van der Waals surface area contributed by atoms with Crippen molar-refractivity contribution in [2.24, 2.45) is 5.92 Å². The highest BCUT2D eigenvalue weighted by Gasteiger charge is 2.46. The minimum Gasteiger partial charge on any atom is -0.393 e. The van der Waals surface area contributed by atoms with Gasteiger partial charge in [0, 0.05) is 23.5 Å². The van der Waals surface area contributed by atoms with Gasteiger partial charge in [0.25, 0.3) is 5.92 Å². The van der Waals surface area contributed by atoms with Crippen molar-refractivity contribution in [2.45, 2.75) is 50.2 Å². The molecule has 0 saturated heterocycles. The van der Waals surface area contributed by atoms with Gasteiger partial charge in [0.1, 0.15) is 11.6 Å². The molecule has 1 aromatic heterocycles. The number of aromatic nitrogens is 2. The van der Waals surface area contributed by atoms with Crippen LogP contribution in [0.15, 0.2) is 24.7 Å². The van der Waals surface area contributed by atoms with Crippen LogP contribution in [0.4, 0.5) is 17.6 Å². The molecule has 1 aliphatic carbocycles. The van der Waals surface area contributed by atoms with Gasteiger partial charge < -0.3 is 9.67 Å². The van der Waals surface area contributed by atoms with Crippen molar-refractivity contribution in [3.63, 3.8) is 0 Å². The molecule has 0 radical (unpaired) electrons. The molecule has 25 heavy (non-hydrogen) atoms. The molecule has 3 nitrogen and oxygen atoms in total. The lowest BCUT2D eigenvalue weighted by molar-refractivity contribution is -0.0929.